The zero-order valence-electron chi connectivity index (χ0n) is 17.3. The summed E-state index contributed by atoms with van der Waals surface area (Å²) in [6, 6.07) is 15.6. The molecule has 0 saturated carbocycles. The van der Waals surface area contributed by atoms with Crippen LogP contribution in [0.15, 0.2) is 42.5 Å². The molecule has 1 saturated heterocycles. The lowest BCUT2D eigenvalue weighted by atomic mass is 9.98. The molecule has 1 fully saturated rings. The number of hydrogen-bond donors (Lipinski definition) is 2. The molecule has 0 amide bonds. The number of benzene rings is 2. The van der Waals surface area contributed by atoms with Crippen molar-refractivity contribution in [2.45, 2.75) is 33.7 Å². The summed E-state index contributed by atoms with van der Waals surface area (Å²) >= 11 is 0. The molecule has 1 aromatic heterocycles. The Bertz CT molecular complexity index is 989. The molecular formula is C24H30N4. The van der Waals surface area contributed by atoms with Crippen LogP contribution >= 0.6 is 0 Å². The summed E-state index contributed by atoms with van der Waals surface area (Å²) in [5.41, 5.74) is 8.57. The van der Waals surface area contributed by atoms with Crippen molar-refractivity contribution in [3.8, 4) is 0 Å². The highest BCUT2D eigenvalue weighted by Gasteiger charge is 2.15. The molecule has 1 aliphatic heterocycles. The minimum atomic E-state index is 0.229. The van der Waals surface area contributed by atoms with Gasteiger partial charge in [0.25, 0.3) is 0 Å². The van der Waals surface area contributed by atoms with Gasteiger partial charge in [0.1, 0.15) is 0 Å². The van der Waals surface area contributed by atoms with Gasteiger partial charge in [-0.05, 0) is 68.7 Å². The van der Waals surface area contributed by atoms with E-state index in [1.807, 2.05) is 0 Å². The van der Waals surface area contributed by atoms with E-state index in [1.54, 1.807) is 0 Å². The van der Waals surface area contributed by atoms with Gasteiger partial charge in [-0.2, -0.15) is 0 Å². The Morgan fingerprint density at radius 3 is 2.61 bits per heavy atom. The van der Waals surface area contributed by atoms with Crippen molar-refractivity contribution >= 4 is 22.3 Å². The number of aromatic nitrogens is 1. The first-order valence-electron chi connectivity index (χ1n) is 10.2. The molecule has 0 aliphatic carbocycles. The molecule has 2 heterocycles. The summed E-state index contributed by atoms with van der Waals surface area (Å²) in [6.07, 6.45) is 0. The van der Waals surface area contributed by atoms with Gasteiger partial charge in [-0.1, -0.05) is 18.2 Å². The molecule has 146 valence electrons. The topological polar surface area (TPSA) is 40.2 Å². The molecule has 0 radical (unpaired) electrons. The zero-order valence-corrected chi connectivity index (χ0v) is 17.3. The lowest BCUT2D eigenvalue weighted by Gasteiger charge is -2.30. The maximum absolute atomic E-state index is 4.76. The van der Waals surface area contributed by atoms with Gasteiger partial charge in [-0.3, -0.25) is 4.98 Å². The summed E-state index contributed by atoms with van der Waals surface area (Å²) in [7, 11) is 0. The van der Waals surface area contributed by atoms with E-state index in [9.17, 15) is 0 Å². The van der Waals surface area contributed by atoms with Crippen LogP contribution in [0.1, 0.15) is 35.3 Å². The van der Waals surface area contributed by atoms with E-state index in [2.05, 4.69) is 85.7 Å². The van der Waals surface area contributed by atoms with Crippen molar-refractivity contribution in [3.63, 3.8) is 0 Å². The Kier molecular flexibility index (Phi) is 5.23. The maximum Gasteiger partial charge on any atom is 0.0727 e. The van der Waals surface area contributed by atoms with Gasteiger partial charge in [0.05, 0.1) is 5.52 Å². The monoisotopic (exact) mass is 374 g/mol. The summed E-state index contributed by atoms with van der Waals surface area (Å²) in [5, 5.41) is 8.39. The van der Waals surface area contributed by atoms with Crippen LogP contribution < -0.4 is 15.5 Å². The molecule has 0 bridgehead atoms. The van der Waals surface area contributed by atoms with Crippen LogP contribution in [-0.2, 0) is 0 Å². The van der Waals surface area contributed by atoms with Crippen LogP contribution in [0.3, 0.4) is 0 Å². The van der Waals surface area contributed by atoms with Crippen molar-refractivity contribution < 1.29 is 0 Å². The second-order valence-electron chi connectivity index (χ2n) is 7.90. The Labute approximate surface area is 168 Å². The molecule has 28 heavy (non-hydrogen) atoms. The fourth-order valence-corrected chi connectivity index (χ4v) is 4.14. The number of nitrogens with zero attached hydrogens (tertiary/aromatic N) is 2. The number of anilines is 2. The van der Waals surface area contributed by atoms with Gasteiger partial charge in [0.15, 0.2) is 0 Å². The van der Waals surface area contributed by atoms with Gasteiger partial charge in [0, 0.05) is 54.7 Å². The van der Waals surface area contributed by atoms with E-state index < -0.39 is 0 Å². The minimum absolute atomic E-state index is 0.229. The first-order valence-corrected chi connectivity index (χ1v) is 10.2. The minimum Gasteiger partial charge on any atom is -0.378 e. The largest absolute Gasteiger partial charge is 0.378 e. The van der Waals surface area contributed by atoms with Crippen LogP contribution in [0.5, 0.6) is 0 Å². The molecule has 4 nitrogen and oxygen atoms in total. The molecule has 2 aromatic carbocycles. The standard InChI is InChI=1S/C24H30N4/c1-16-6-5-7-21(18(16)3)19(4)27-24-14-17(2)26-23-9-8-20(15-22(23)24)28-12-10-25-11-13-28/h5-9,14-15,19,25H,10-13H2,1-4H3,(H,26,27)/t19-/m1/s1. The predicted molar refractivity (Wildman–Crippen MR) is 120 cm³/mol. The van der Waals surface area contributed by atoms with Gasteiger partial charge < -0.3 is 15.5 Å². The second kappa shape index (κ2) is 7.80. The molecular weight excluding hydrogens is 344 g/mol. The maximum atomic E-state index is 4.76. The average Bonchev–Trinajstić information content (AvgIpc) is 2.70. The number of nitrogens with one attached hydrogen (secondary N) is 2. The van der Waals surface area contributed by atoms with Crippen molar-refractivity contribution in [2.24, 2.45) is 0 Å². The van der Waals surface area contributed by atoms with E-state index >= 15 is 0 Å². The van der Waals surface area contributed by atoms with Gasteiger partial charge in [0.2, 0.25) is 0 Å². The third-order valence-electron chi connectivity index (χ3n) is 5.89. The molecule has 4 heteroatoms. The van der Waals surface area contributed by atoms with E-state index in [1.165, 1.54) is 27.8 Å². The van der Waals surface area contributed by atoms with Crippen LogP contribution in [0.25, 0.3) is 10.9 Å². The predicted octanol–water partition coefficient (Wildman–Crippen LogP) is 4.74. The normalized spacial score (nSPS) is 15.6. The molecule has 3 aromatic rings. The fraction of sp³-hybridized carbons (Fsp3) is 0.375. The number of piperazine rings is 1. The number of hydrogen-bond acceptors (Lipinski definition) is 4. The van der Waals surface area contributed by atoms with Crippen molar-refractivity contribution in [3.05, 3.63) is 64.8 Å². The Balaban J connectivity index is 1.71. The Morgan fingerprint density at radius 1 is 1.04 bits per heavy atom. The highest BCUT2D eigenvalue weighted by Crippen LogP contribution is 2.31. The van der Waals surface area contributed by atoms with Crippen LogP contribution in [0, 0.1) is 20.8 Å². The summed E-state index contributed by atoms with van der Waals surface area (Å²) < 4.78 is 0. The summed E-state index contributed by atoms with van der Waals surface area (Å²) in [5.74, 6) is 0. The van der Waals surface area contributed by atoms with Gasteiger partial charge in [-0.25, -0.2) is 0 Å². The third kappa shape index (κ3) is 3.69. The third-order valence-corrected chi connectivity index (χ3v) is 5.89. The Morgan fingerprint density at radius 2 is 1.82 bits per heavy atom. The molecule has 1 atom stereocenters. The summed E-state index contributed by atoms with van der Waals surface area (Å²) in [6.45, 7) is 12.9. The first kappa shape index (κ1) is 18.8. The van der Waals surface area contributed by atoms with Crippen LogP contribution in [-0.4, -0.2) is 31.2 Å². The molecule has 4 rings (SSSR count). The number of rotatable bonds is 4. The van der Waals surface area contributed by atoms with Gasteiger partial charge in [-0.15, -0.1) is 0 Å². The second-order valence-corrected chi connectivity index (χ2v) is 7.90. The molecule has 1 aliphatic rings. The van der Waals surface area contributed by atoms with Crippen LogP contribution in [0.4, 0.5) is 11.4 Å². The Hall–Kier alpha value is -2.59. The van der Waals surface area contributed by atoms with Crippen LogP contribution in [0.2, 0.25) is 0 Å². The van der Waals surface area contributed by atoms with Gasteiger partial charge >= 0.3 is 0 Å². The molecule has 0 unspecified atom stereocenters. The molecule has 2 N–H and O–H groups in total. The lowest BCUT2D eigenvalue weighted by molar-refractivity contribution is 0.589. The number of aryl methyl sites for hydroxylation is 2. The highest BCUT2D eigenvalue weighted by molar-refractivity contribution is 5.94. The first-order chi connectivity index (χ1) is 13.5. The van der Waals surface area contributed by atoms with E-state index in [4.69, 9.17) is 4.98 Å². The summed E-state index contributed by atoms with van der Waals surface area (Å²) in [4.78, 5) is 7.22. The smallest absolute Gasteiger partial charge is 0.0727 e. The van der Waals surface area contributed by atoms with Crippen molar-refractivity contribution in [2.75, 3.05) is 36.4 Å². The average molecular weight is 375 g/mol. The zero-order chi connectivity index (χ0) is 19.7. The highest BCUT2D eigenvalue weighted by atomic mass is 15.2. The van der Waals surface area contributed by atoms with Crippen molar-refractivity contribution in [1.29, 1.82) is 0 Å². The van der Waals surface area contributed by atoms with E-state index in [0.717, 1.165) is 43.1 Å². The van der Waals surface area contributed by atoms with E-state index in [-0.39, 0.29) is 6.04 Å². The number of fused-ring (bicyclic) bond motifs is 1. The van der Waals surface area contributed by atoms with Crippen molar-refractivity contribution in [1.82, 2.24) is 10.3 Å². The lowest BCUT2D eigenvalue weighted by Crippen LogP contribution is -2.43. The SMILES string of the molecule is Cc1cc(N[C@H](C)c2cccc(C)c2C)c2cc(N3CCNCC3)ccc2n1. The quantitative estimate of drug-likeness (QED) is 0.692. The fourth-order valence-electron chi connectivity index (χ4n) is 4.14. The molecule has 0 spiro atoms. The number of pyridine rings is 1. The van der Waals surface area contributed by atoms with E-state index in [0.29, 0.717) is 0 Å².